The lowest BCUT2D eigenvalue weighted by Gasteiger charge is -2.33. The number of aliphatic hydroxyl groups is 1. The summed E-state index contributed by atoms with van der Waals surface area (Å²) in [5, 5.41) is 9.11. The average Bonchev–Trinajstić information content (AvgIpc) is 2.39. The minimum atomic E-state index is -0.124. The largest absolute Gasteiger partial charge is 0.394 e. The van der Waals surface area contributed by atoms with Gasteiger partial charge in [0, 0.05) is 33.4 Å². The molecule has 2 heterocycles. The van der Waals surface area contributed by atoms with E-state index in [-0.39, 0.29) is 12.7 Å². The van der Waals surface area contributed by atoms with Gasteiger partial charge in [-0.1, -0.05) is 0 Å². The van der Waals surface area contributed by atoms with Crippen molar-refractivity contribution in [3.63, 3.8) is 0 Å². The summed E-state index contributed by atoms with van der Waals surface area (Å²) < 4.78 is 5.41. The standard InChI is InChI=1S/C11H18N4O2/c1-14(2)11-12-4-3-10(13-11)15-5-6-17-9(7-15)8-16/h3-4,9,16H,5-8H2,1-2H3. The second kappa shape index (κ2) is 5.29. The molecule has 1 saturated heterocycles. The lowest BCUT2D eigenvalue weighted by atomic mass is 10.3. The third kappa shape index (κ3) is 2.83. The molecule has 0 saturated carbocycles. The van der Waals surface area contributed by atoms with Crippen LogP contribution in [0.5, 0.6) is 0 Å². The van der Waals surface area contributed by atoms with Gasteiger partial charge in [0.05, 0.1) is 19.3 Å². The van der Waals surface area contributed by atoms with Gasteiger partial charge in [-0.2, -0.15) is 4.98 Å². The number of hydrogen-bond acceptors (Lipinski definition) is 6. The number of nitrogens with zero attached hydrogens (tertiary/aromatic N) is 4. The van der Waals surface area contributed by atoms with Crippen LogP contribution >= 0.6 is 0 Å². The number of anilines is 2. The van der Waals surface area contributed by atoms with Crippen molar-refractivity contribution in [3.05, 3.63) is 12.3 Å². The second-order valence-electron chi connectivity index (χ2n) is 4.23. The Morgan fingerprint density at radius 1 is 1.59 bits per heavy atom. The molecule has 1 aromatic rings. The van der Waals surface area contributed by atoms with Crippen LogP contribution in [0, 0.1) is 0 Å². The van der Waals surface area contributed by atoms with E-state index >= 15 is 0 Å². The summed E-state index contributed by atoms with van der Waals surface area (Å²) in [5.41, 5.74) is 0. The molecule has 1 aromatic heterocycles. The topological polar surface area (TPSA) is 61.7 Å². The lowest BCUT2D eigenvalue weighted by Crippen LogP contribution is -2.44. The molecular weight excluding hydrogens is 220 g/mol. The molecule has 1 atom stereocenters. The molecule has 1 aliphatic rings. The zero-order chi connectivity index (χ0) is 12.3. The molecular formula is C11H18N4O2. The molecule has 94 valence electrons. The Labute approximate surface area is 101 Å². The highest BCUT2D eigenvalue weighted by atomic mass is 16.5. The van der Waals surface area contributed by atoms with Crippen molar-refractivity contribution in [1.29, 1.82) is 0 Å². The summed E-state index contributed by atoms with van der Waals surface area (Å²) >= 11 is 0. The first kappa shape index (κ1) is 12.1. The molecule has 1 unspecified atom stereocenters. The molecule has 0 radical (unpaired) electrons. The highest BCUT2D eigenvalue weighted by molar-refractivity contribution is 5.43. The molecule has 1 aliphatic heterocycles. The smallest absolute Gasteiger partial charge is 0.226 e. The molecule has 1 N–H and O–H groups in total. The van der Waals surface area contributed by atoms with Crippen LogP contribution in [0.15, 0.2) is 12.3 Å². The molecule has 0 amide bonds. The minimum absolute atomic E-state index is 0.0438. The molecule has 6 heteroatoms. The maximum absolute atomic E-state index is 9.11. The first-order chi connectivity index (χ1) is 8.20. The fraction of sp³-hybridized carbons (Fsp3) is 0.636. The average molecular weight is 238 g/mol. The summed E-state index contributed by atoms with van der Waals surface area (Å²) in [5.74, 6) is 1.57. The van der Waals surface area contributed by atoms with Crippen molar-refractivity contribution in [1.82, 2.24) is 9.97 Å². The van der Waals surface area contributed by atoms with Crippen molar-refractivity contribution >= 4 is 11.8 Å². The van der Waals surface area contributed by atoms with Crippen LogP contribution in [0.1, 0.15) is 0 Å². The van der Waals surface area contributed by atoms with E-state index in [9.17, 15) is 0 Å². The lowest BCUT2D eigenvalue weighted by molar-refractivity contribution is 0.00336. The van der Waals surface area contributed by atoms with Crippen molar-refractivity contribution < 1.29 is 9.84 Å². The van der Waals surface area contributed by atoms with E-state index in [1.165, 1.54) is 0 Å². The van der Waals surface area contributed by atoms with E-state index in [1.807, 2.05) is 25.1 Å². The first-order valence-electron chi connectivity index (χ1n) is 5.68. The third-order valence-electron chi connectivity index (χ3n) is 2.69. The van der Waals surface area contributed by atoms with Crippen molar-refractivity contribution in [3.8, 4) is 0 Å². The third-order valence-corrected chi connectivity index (χ3v) is 2.69. The molecule has 0 bridgehead atoms. The predicted octanol–water partition coefficient (Wildman–Crippen LogP) is -0.260. The van der Waals surface area contributed by atoms with E-state index in [1.54, 1.807) is 6.20 Å². The van der Waals surface area contributed by atoms with E-state index in [0.717, 1.165) is 12.4 Å². The zero-order valence-corrected chi connectivity index (χ0v) is 10.2. The number of morpholine rings is 1. The first-order valence-corrected chi connectivity index (χ1v) is 5.68. The van der Waals surface area contributed by atoms with Gasteiger partial charge in [-0.05, 0) is 6.07 Å². The van der Waals surface area contributed by atoms with Gasteiger partial charge < -0.3 is 19.6 Å². The summed E-state index contributed by atoms with van der Waals surface area (Å²) in [4.78, 5) is 12.6. The Balaban J connectivity index is 2.13. The molecule has 17 heavy (non-hydrogen) atoms. The molecule has 1 fully saturated rings. The number of ether oxygens (including phenoxy) is 1. The summed E-state index contributed by atoms with van der Waals surface area (Å²) in [6.45, 7) is 2.12. The Hall–Kier alpha value is -1.40. The number of rotatable bonds is 3. The number of aromatic nitrogens is 2. The summed E-state index contributed by atoms with van der Waals surface area (Å²) in [6.07, 6.45) is 1.63. The van der Waals surface area contributed by atoms with Crippen LogP contribution in [-0.4, -0.2) is 61.6 Å². The highest BCUT2D eigenvalue weighted by Crippen LogP contribution is 2.16. The van der Waals surface area contributed by atoms with Crippen LogP contribution < -0.4 is 9.80 Å². The normalized spacial score (nSPS) is 20.4. The van der Waals surface area contributed by atoms with Crippen LogP contribution in [0.2, 0.25) is 0 Å². The summed E-state index contributed by atoms with van der Waals surface area (Å²) in [7, 11) is 3.82. The van der Waals surface area contributed by atoms with Crippen LogP contribution in [-0.2, 0) is 4.74 Å². The fourth-order valence-electron chi connectivity index (χ4n) is 1.77. The monoisotopic (exact) mass is 238 g/mol. The van der Waals surface area contributed by atoms with Gasteiger partial charge in [-0.15, -0.1) is 0 Å². The highest BCUT2D eigenvalue weighted by Gasteiger charge is 2.21. The van der Waals surface area contributed by atoms with E-state index < -0.39 is 0 Å². The van der Waals surface area contributed by atoms with Gasteiger partial charge in [0.1, 0.15) is 5.82 Å². The van der Waals surface area contributed by atoms with Crippen LogP contribution in [0.3, 0.4) is 0 Å². The van der Waals surface area contributed by atoms with Gasteiger partial charge in [0.15, 0.2) is 0 Å². The van der Waals surface area contributed by atoms with Crippen LogP contribution in [0.25, 0.3) is 0 Å². The van der Waals surface area contributed by atoms with Gasteiger partial charge >= 0.3 is 0 Å². The molecule has 0 aliphatic carbocycles. The SMILES string of the molecule is CN(C)c1nccc(N2CCOC(CO)C2)n1. The molecule has 0 spiro atoms. The molecule has 0 aromatic carbocycles. The van der Waals surface area contributed by atoms with Gasteiger partial charge in [0.25, 0.3) is 0 Å². The van der Waals surface area contributed by atoms with E-state index in [2.05, 4.69) is 14.9 Å². The maximum atomic E-state index is 9.11. The molecule has 2 rings (SSSR count). The quantitative estimate of drug-likeness (QED) is 0.783. The van der Waals surface area contributed by atoms with Crippen molar-refractivity contribution in [2.45, 2.75) is 6.10 Å². The minimum Gasteiger partial charge on any atom is -0.394 e. The Kier molecular flexibility index (Phi) is 3.75. The zero-order valence-electron chi connectivity index (χ0n) is 10.2. The fourth-order valence-corrected chi connectivity index (χ4v) is 1.77. The Morgan fingerprint density at radius 2 is 2.41 bits per heavy atom. The van der Waals surface area contributed by atoms with Crippen molar-refractivity contribution in [2.75, 3.05) is 50.2 Å². The van der Waals surface area contributed by atoms with Crippen molar-refractivity contribution in [2.24, 2.45) is 0 Å². The second-order valence-corrected chi connectivity index (χ2v) is 4.23. The van der Waals surface area contributed by atoms with Gasteiger partial charge in [-0.25, -0.2) is 4.98 Å². The number of hydrogen-bond donors (Lipinski definition) is 1. The van der Waals surface area contributed by atoms with E-state index in [0.29, 0.717) is 19.1 Å². The predicted molar refractivity (Wildman–Crippen MR) is 65.4 cm³/mol. The van der Waals surface area contributed by atoms with Gasteiger partial charge in [-0.3, -0.25) is 0 Å². The van der Waals surface area contributed by atoms with E-state index in [4.69, 9.17) is 9.84 Å². The summed E-state index contributed by atoms with van der Waals surface area (Å²) in [6, 6.07) is 1.88. The number of aliphatic hydroxyl groups excluding tert-OH is 1. The van der Waals surface area contributed by atoms with Gasteiger partial charge in [0.2, 0.25) is 5.95 Å². The molecule has 6 nitrogen and oxygen atoms in total. The Bertz CT molecular complexity index is 372. The van der Waals surface area contributed by atoms with Crippen LogP contribution in [0.4, 0.5) is 11.8 Å². The maximum Gasteiger partial charge on any atom is 0.226 e. The Morgan fingerprint density at radius 3 is 3.12 bits per heavy atom.